The Balaban J connectivity index is 1.68. The lowest BCUT2D eigenvalue weighted by Crippen LogP contribution is -2.32. The minimum absolute atomic E-state index is 0.233. The normalized spacial score (nSPS) is 14.1. The third kappa shape index (κ3) is 4.46. The second-order valence-electron chi connectivity index (χ2n) is 8.14. The molecule has 5 heteroatoms. The maximum atomic E-state index is 12.3. The number of benzene rings is 2. The van der Waals surface area contributed by atoms with Crippen LogP contribution in [-0.4, -0.2) is 24.5 Å². The number of nitrogens with zero attached hydrogens (tertiary/aromatic N) is 1. The van der Waals surface area contributed by atoms with Crippen molar-refractivity contribution in [3.05, 3.63) is 81.2 Å². The molecule has 0 bridgehead atoms. The van der Waals surface area contributed by atoms with E-state index in [9.17, 15) is 9.59 Å². The van der Waals surface area contributed by atoms with Gasteiger partial charge in [-0.3, -0.25) is 9.69 Å². The van der Waals surface area contributed by atoms with Crippen LogP contribution in [-0.2, 0) is 35.5 Å². The standard InChI is InChI=1S/C25H27NO4/c1-17(25(28)29-2)14-26(15-18-7-4-3-5-8-18)16-21-13-24(27)30-23-12-20-10-6-9-19(20)11-22(21)23/h3-5,7-8,11-13,17H,6,9-10,14-16H2,1-2H3. The molecular weight excluding hydrogens is 378 g/mol. The van der Waals surface area contributed by atoms with E-state index in [1.807, 2.05) is 31.2 Å². The summed E-state index contributed by atoms with van der Waals surface area (Å²) in [6.45, 7) is 3.63. The summed E-state index contributed by atoms with van der Waals surface area (Å²) in [5.74, 6) is -0.502. The van der Waals surface area contributed by atoms with Crippen molar-refractivity contribution in [2.45, 2.75) is 39.3 Å². The average molecular weight is 405 g/mol. The molecule has 30 heavy (non-hydrogen) atoms. The molecule has 156 valence electrons. The van der Waals surface area contributed by atoms with Gasteiger partial charge in [-0.05, 0) is 53.6 Å². The first-order valence-electron chi connectivity index (χ1n) is 10.5. The molecule has 0 saturated heterocycles. The molecule has 0 radical (unpaired) electrons. The van der Waals surface area contributed by atoms with Crippen molar-refractivity contribution >= 4 is 16.9 Å². The number of aryl methyl sites for hydroxylation is 2. The van der Waals surface area contributed by atoms with Crippen LogP contribution in [0.2, 0.25) is 0 Å². The molecule has 1 atom stereocenters. The predicted octanol–water partition coefficient (Wildman–Crippen LogP) is 4.09. The lowest BCUT2D eigenvalue weighted by Gasteiger charge is -2.25. The lowest BCUT2D eigenvalue weighted by atomic mass is 10.0. The molecule has 3 aromatic rings. The van der Waals surface area contributed by atoms with Crippen LogP contribution < -0.4 is 5.63 Å². The molecule has 1 aromatic heterocycles. The van der Waals surface area contributed by atoms with E-state index in [1.165, 1.54) is 18.2 Å². The zero-order chi connectivity index (χ0) is 21.1. The van der Waals surface area contributed by atoms with Crippen molar-refractivity contribution in [2.75, 3.05) is 13.7 Å². The van der Waals surface area contributed by atoms with E-state index in [-0.39, 0.29) is 17.5 Å². The zero-order valence-corrected chi connectivity index (χ0v) is 17.5. The Bertz CT molecular complexity index is 1100. The summed E-state index contributed by atoms with van der Waals surface area (Å²) < 4.78 is 10.4. The quantitative estimate of drug-likeness (QED) is 0.438. The van der Waals surface area contributed by atoms with Crippen LogP contribution in [0.4, 0.5) is 0 Å². The molecule has 0 aliphatic heterocycles. The van der Waals surface area contributed by atoms with Crippen molar-refractivity contribution in [2.24, 2.45) is 5.92 Å². The first kappa shape index (κ1) is 20.4. The van der Waals surface area contributed by atoms with E-state index >= 15 is 0 Å². The number of ether oxygens (including phenoxy) is 1. The molecule has 1 aliphatic carbocycles. The highest BCUT2D eigenvalue weighted by Crippen LogP contribution is 2.29. The number of rotatable bonds is 7. The van der Waals surface area contributed by atoms with Crippen molar-refractivity contribution in [1.29, 1.82) is 0 Å². The van der Waals surface area contributed by atoms with Crippen LogP contribution in [0.15, 0.2) is 57.7 Å². The monoisotopic (exact) mass is 405 g/mol. The molecule has 0 N–H and O–H groups in total. The van der Waals surface area contributed by atoms with Crippen LogP contribution in [0.3, 0.4) is 0 Å². The van der Waals surface area contributed by atoms with Crippen molar-refractivity contribution < 1.29 is 13.9 Å². The SMILES string of the molecule is COC(=O)C(C)CN(Cc1ccccc1)Cc1cc(=O)oc2cc3c(cc12)CCC3. The van der Waals surface area contributed by atoms with Gasteiger partial charge in [0.1, 0.15) is 5.58 Å². The lowest BCUT2D eigenvalue weighted by molar-refractivity contribution is -0.145. The van der Waals surface area contributed by atoms with Gasteiger partial charge >= 0.3 is 11.6 Å². The van der Waals surface area contributed by atoms with Gasteiger partial charge in [0.25, 0.3) is 0 Å². The first-order chi connectivity index (χ1) is 14.5. The van der Waals surface area contributed by atoms with Gasteiger partial charge in [0.2, 0.25) is 0 Å². The van der Waals surface area contributed by atoms with Gasteiger partial charge in [0.05, 0.1) is 13.0 Å². The molecule has 0 spiro atoms. The number of methoxy groups -OCH3 is 1. The van der Waals surface area contributed by atoms with E-state index in [0.29, 0.717) is 25.2 Å². The van der Waals surface area contributed by atoms with Crippen LogP contribution in [0, 0.1) is 5.92 Å². The Hall–Kier alpha value is -2.92. The van der Waals surface area contributed by atoms with E-state index in [0.717, 1.165) is 35.8 Å². The van der Waals surface area contributed by atoms with E-state index in [1.54, 1.807) is 6.07 Å². The number of fused-ring (bicyclic) bond motifs is 2. The highest BCUT2D eigenvalue weighted by atomic mass is 16.5. The molecule has 0 fully saturated rings. The number of hydrogen-bond acceptors (Lipinski definition) is 5. The van der Waals surface area contributed by atoms with Crippen molar-refractivity contribution in [3.63, 3.8) is 0 Å². The number of hydrogen-bond donors (Lipinski definition) is 0. The molecule has 1 heterocycles. The molecule has 5 nitrogen and oxygen atoms in total. The van der Waals surface area contributed by atoms with Crippen LogP contribution >= 0.6 is 0 Å². The Kier molecular flexibility index (Phi) is 6.00. The maximum absolute atomic E-state index is 12.3. The summed E-state index contributed by atoms with van der Waals surface area (Å²) in [7, 11) is 1.41. The van der Waals surface area contributed by atoms with E-state index in [2.05, 4.69) is 23.1 Å². The van der Waals surface area contributed by atoms with Gasteiger partial charge in [-0.2, -0.15) is 0 Å². The highest BCUT2D eigenvalue weighted by Gasteiger charge is 2.21. The summed E-state index contributed by atoms with van der Waals surface area (Å²) in [6.07, 6.45) is 3.24. The van der Waals surface area contributed by atoms with Gasteiger partial charge in [-0.1, -0.05) is 37.3 Å². The van der Waals surface area contributed by atoms with E-state index < -0.39 is 0 Å². The minimum Gasteiger partial charge on any atom is -0.469 e. The third-order valence-electron chi connectivity index (χ3n) is 5.82. The van der Waals surface area contributed by atoms with Crippen molar-refractivity contribution in [1.82, 2.24) is 4.90 Å². The molecular formula is C25H27NO4. The topological polar surface area (TPSA) is 59.8 Å². The van der Waals surface area contributed by atoms with Crippen LogP contribution in [0.1, 0.15) is 35.6 Å². The Labute approximate surface area is 176 Å². The van der Waals surface area contributed by atoms with E-state index in [4.69, 9.17) is 9.15 Å². The molecule has 1 unspecified atom stereocenters. The Morgan fingerprint density at radius 2 is 1.83 bits per heavy atom. The second-order valence-corrected chi connectivity index (χ2v) is 8.14. The van der Waals surface area contributed by atoms with Gasteiger partial charge in [0.15, 0.2) is 0 Å². The smallest absolute Gasteiger partial charge is 0.336 e. The van der Waals surface area contributed by atoms with Crippen LogP contribution in [0.5, 0.6) is 0 Å². The fourth-order valence-corrected chi connectivity index (χ4v) is 4.36. The molecule has 0 saturated carbocycles. The van der Waals surface area contributed by atoms with Crippen molar-refractivity contribution in [3.8, 4) is 0 Å². The fraction of sp³-hybridized carbons (Fsp3) is 0.360. The summed E-state index contributed by atoms with van der Waals surface area (Å²) in [6, 6.07) is 15.9. The minimum atomic E-state index is -0.337. The summed E-state index contributed by atoms with van der Waals surface area (Å²) in [5.41, 5.74) is 5.03. The second kappa shape index (κ2) is 8.84. The largest absolute Gasteiger partial charge is 0.469 e. The Morgan fingerprint density at radius 1 is 1.10 bits per heavy atom. The average Bonchev–Trinajstić information content (AvgIpc) is 3.19. The summed E-state index contributed by atoms with van der Waals surface area (Å²) in [5, 5.41) is 0.985. The van der Waals surface area contributed by atoms with Gasteiger partial charge in [0, 0.05) is 31.1 Å². The van der Waals surface area contributed by atoms with Crippen LogP contribution in [0.25, 0.3) is 11.0 Å². The summed E-state index contributed by atoms with van der Waals surface area (Å²) in [4.78, 5) is 26.5. The van der Waals surface area contributed by atoms with Gasteiger partial charge in [-0.25, -0.2) is 4.79 Å². The summed E-state index contributed by atoms with van der Waals surface area (Å²) >= 11 is 0. The number of esters is 1. The number of carbonyl (C=O) groups is 1. The maximum Gasteiger partial charge on any atom is 0.336 e. The molecule has 0 amide bonds. The molecule has 2 aromatic carbocycles. The molecule has 1 aliphatic rings. The predicted molar refractivity (Wildman–Crippen MR) is 116 cm³/mol. The highest BCUT2D eigenvalue weighted by molar-refractivity contribution is 5.82. The zero-order valence-electron chi connectivity index (χ0n) is 17.5. The first-order valence-corrected chi connectivity index (χ1v) is 10.5. The fourth-order valence-electron chi connectivity index (χ4n) is 4.36. The van der Waals surface area contributed by atoms with Gasteiger partial charge < -0.3 is 9.15 Å². The van der Waals surface area contributed by atoms with Gasteiger partial charge in [-0.15, -0.1) is 0 Å². The number of carbonyl (C=O) groups excluding carboxylic acids is 1. The Morgan fingerprint density at radius 3 is 2.57 bits per heavy atom. The molecule has 4 rings (SSSR count). The third-order valence-corrected chi connectivity index (χ3v) is 5.82.